The molecule has 0 N–H and O–H groups in total. The van der Waals surface area contributed by atoms with Crippen molar-refractivity contribution in [2.75, 3.05) is 50.1 Å². The second kappa shape index (κ2) is 7.34. The fourth-order valence-corrected chi connectivity index (χ4v) is 3.33. The van der Waals surface area contributed by atoms with Crippen LogP contribution in [-0.2, 0) is 11.3 Å². The van der Waals surface area contributed by atoms with Crippen LogP contribution in [0.25, 0.3) is 11.1 Å². The van der Waals surface area contributed by atoms with Gasteiger partial charge in [-0.25, -0.2) is 4.79 Å². The second-order valence-corrected chi connectivity index (χ2v) is 6.96. The van der Waals surface area contributed by atoms with Gasteiger partial charge in [-0.05, 0) is 12.1 Å². The number of fused-ring (bicyclic) bond motifs is 1. The first-order valence-electron chi connectivity index (χ1n) is 9.14. The van der Waals surface area contributed by atoms with E-state index in [4.69, 9.17) is 4.42 Å². The minimum Gasteiger partial charge on any atom is -0.408 e. The van der Waals surface area contributed by atoms with Gasteiger partial charge < -0.3 is 19.1 Å². The average Bonchev–Trinajstić information content (AvgIpc) is 3.03. The van der Waals surface area contributed by atoms with Crippen LogP contribution >= 0.6 is 0 Å². The summed E-state index contributed by atoms with van der Waals surface area (Å²) in [5, 5.41) is 8.27. The fourth-order valence-electron chi connectivity index (χ4n) is 3.33. The van der Waals surface area contributed by atoms with Crippen LogP contribution in [0, 0.1) is 0 Å². The molecule has 0 unspecified atom stereocenters. The molecule has 3 aromatic rings. The molecule has 1 fully saturated rings. The van der Waals surface area contributed by atoms with Crippen LogP contribution in [0.2, 0.25) is 0 Å². The predicted octanol–water partition coefficient (Wildman–Crippen LogP) is 0.799. The highest BCUT2D eigenvalue weighted by molar-refractivity contribution is 5.79. The van der Waals surface area contributed by atoms with Crippen molar-refractivity contribution in [1.29, 1.82) is 0 Å². The average molecular weight is 382 g/mol. The zero-order valence-electron chi connectivity index (χ0n) is 15.9. The number of para-hydroxylation sites is 2. The number of carbonyl (C=O) groups excluding carboxylic acids is 1. The number of anilines is 2. The molecule has 28 heavy (non-hydrogen) atoms. The zero-order valence-corrected chi connectivity index (χ0v) is 15.9. The number of oxazole rings is 1. The Morgan fingerprint density at radius 2 is 1.93 bits per heavy atom. The quantitative estimate of drug-likeness (QED) is 0.659. The van der Waals surface area contributed by atoms with Crippen molar-refractivity contribution in [3.05, 3.63) is 47.1 Å². The summed E-state index contributed by atoms with van der Waals surface area (Å²) in [6, 6.07) is 9.10. The molecule has 9 heteroatoms. The Morgan fingerprint density at radius 1 is 1.18 bits per heavy atom. The van der Waals surface area contributed by atoms with E-state index in [1.165, 1.54) is 4.57 Å². The lowest BCUT2D eigenvalue weighted by Crippen LogP contribution is -2.50. The number of carbonyl (C=O) groups is 1. The maximum absolute atomic E-state index is 12.7. The number of benzene rings is 1. The molecule has 1 saturated heterocycles. The van der Waals surface area contributed by atoms with Crippen LogP contribution < -0.4 is 15.6 Å². The normalized spacial score (nSPS) is 14.5. The highest BCUT2D eigenvalue weighted by atomic mass is 16.4. The molecule has 1 aromatic carbocycles. The number of amides is 1. The minimum absolute atomic E-state index is 0.0221. The van der Waals surface area contributed by atoms with E-state index in [-0.39, 0.29) is 12.5 Å². The molecule has 1 aliphatic rings. The monoisotopic (exact) mass is 382 g/mol. The van der Waals surface area contributed by atoms with Crippen molar-refractivity contribution in [2.24, 2.45) is 0 Å². The number of aromatic nitrogens is 3. The van der Waals surface area contributed by atoms with Crippen LogP contribution in [0.4, 0.5) is 11.5 Å². The molecule has 1 aliphatic heterocycles. The first-order chi connectivity index (χ1) is 13.5. The smallest absolute Gasteiger partial charge is 0.408 e. The molecule has 1 amide bonds. The van der Waals surface area contributed by atoms with Crippen molar-refractivity contribution in [3.8, 4) is 0 Å². The lowest BCUT2D eigenvalue weighted by molar-refractivity contribution is -0.132. The minimum atomic E-state index is -0.510. The number of hydrogen-bond acceptors (Lipinski definition) is 7. The third-order valence-corrected chi connectivity index (χ3v) is 4.97. The van der Waals surface area contributed by atoms with Gasteiger partial charge in [0.1, 0.15) is 6.54 Å². The Labute approximate surface area is 161 Å². The molecule has 0 spiro atoms. The maximum atomic E-state index is 12.7. The van der Waals surface area contributed by atoms with Crippen molar-refractivity contribution in [2.45, 2.75) is 6.54 Å². The number of piperazine rings is 1. The fraction of sp³-hybridized carbons (Fsp3) is 0.368. The summed E-state index contributed by atoms with van der Waals surface area (Å²) in [5.41, 5.74) is 2.11. The lowest BCUT2D eigenvalue weighted by Gasteiger charge is -2.35. The summed E-state index contributed by atoms with van der Waals surface area (Å²) >= 11 is 0. The van der Waals surface area contributed by atoms with Gasteiger partial charge in [-0.15, -0.1) is 5.10 Å². The summed E-state index contributed by atoms with van der Waals surface area (Å²) in [6.07, 6.45) is 1.72. The molecular formula is C19H22N6O3. The molecule has 0 radical (unpaired) electrons. The van der Waals surface area contributed by atoms with Crippen molar-refractivity contribution < 1.29 is 9.21 Å². The van der Waals surface area contributed by atoms with E-state index >= 15 is 0 Å². The standard InChI is InChI=1S/C19H22N6O3/c1-22(2)14-11-17(21-20-12-14)23-7-9-24(10-8-23)18(26)13-25-15-5-3-4-6-16(15)28-19(25)27/h3-6,11-12H,7-10,13H2,1-2H3. The number of rotatable bonds is 4. The van der Waals surface area contributed by atoms with Gasteiger partial charge in [0.05, 0.1) is 17.4 Å². The molecule has 0 atom stereocenters. The van der Waals surface area contributed by atoms with Crippen molar-refractivity contribution >= 4 is 28.5 Å². The SMILES string of the molecule is CN(C)c1cnnc(N2CCN(C(=O)Cn3c(=O)oc4ccccc43)CC2)c1. The van der Waals surface area contributed by atoms with Crippen LogP contribution in [0.5, 0.6) is 0 Å². The molecule has 0 bridgehead atoms. The predicted molar refractivity (Wildman–Crippen MR) is 106 cm³/mol. The first-order valence-corrected chi connectivity index (χ1v) is 9.14. The Kier molecular flexibility index (Phi) is 4.72. The summed E-state index contributed by atoms with van der Waals surface area (Å²) < 4.78 is 6.59. The van der Waals surface area contributed by atoms with Gasteiger partial charge in [-0.2, -0.15) is 5.10 Å². The first kappa shape index (κ1) is 18.0. The van der Waals surface area contributed by atoms with E-state index in [1.807, 2.05) is 31.1 Å². The molecule has 0 aliphatic carbocycles. The van der Waals surface area contributed by atoms with E-state index in [2.05, 4.69) is 15.1 Å². The molecule has 0 saturated carbocycles. The van der Waals surface area contributed by atoms with E-state index in [0.717, 1.165) is 11.5 Å². The van der Waals surface area contributed by atoms with Crippen LogP contribution in [-0.4, -0.2) is 65.8 Å². The van der Waals surface area contributed by atoms with Crippen LogP contribution in [0.15, 0.2) is 45.7 Å². The van der Waals surface area contributed by atoms with E-state index in [9.17, 15) is 9.59 Å². The largest absolute Gasteiger partial charge is 0.420 e. The van der Waals surface area contributed by atoms with Crippen molar-refractivity contribution in [3.63, 3.8) is 0 Å². The molecule has 4 rings (SSSR count). The van der Waals surface area contributed by atoms with Gasteiger partial charge in [0.2, 0.25) is 5.91 Å². The number of nitrogens with zero attached hydrogens (tertiary/aromatic N) is 6. The molecule has 146 valence electrons. The summed E-state index contributed by atoms with van der Waals surface area (Å²) in [4.78, 5) is 30.7. The summed E-state index contributed by atoms with van der Waals surface area (Å²) in [7, 11) is 3.91. The number of hydrogen-bond donors (Lipinski definition) is 0. The van der Waals surface area contributed by atoms with E-state index in [0.29, 0.717) is 37.3 Å². The van der Waals surface area contributed by atoms with Gasteiger partial charge in [-0.3, -0.25) is 9.36 Å². The van der Waals surface area contributed by atoms with Crippen LogP contribution in [0.1, 0.15) is 0 Å². The van der Waals surface area contributed by atoms with Gasteiger partial charge >= 0.3 is 5.76 Å². The Balaban J connectivity index is 1.42. The third-order valence-electron chi connectivity index (χ3n) is 4.97. The van der Waals surface area contributed by atoms with Gasteiger partial charge in [0, 0.05) is 46.3 Å². The maximum Gasteiger partial charge on any atom is 0.420 e. The Morgan fingerprint density at radius 3 is 2.68 bits per heavy atom. The molecule has 2 aromatic heterocycles. The van der Waals surface area contributed by atoms with Crippen molar-refractivity contribution in [1.82, 2.24) is 19.7 Å². The highest BCUT2D eigenvalue weighted by Crippen LogP contribution is 2.19. The van der Waals surface area contributed by atoms with E-state index < -0.39 is 5.76 Å². The van der Waals surface area contributed by atoms with Gasteiger partial charge in [0.25, 0.3) is 0 Å². The summed E-state index contributed by atoms with van der Waals surface area (Å²) in [6.45, 7) is 2.44. The topological polar surface area (TPSA) is 87.7 Å². The Bertz CT molecular complexity index is 1050. The zero-order chi connectivity index (χ0) is 19.7. The van der Waals surface area contributed by atoms with Gasteiger partial charge in [-0.1, -0.05) is 12.1 Å². The summed E-state index contributed by atoms with van der Waals surface area (Å²) in [5.74, 6) is 0.195. The Hall–Kier alpha value is -3.36. The van der Waals surface area contributed by atoms with E-state index in [1.54, 1.807) is 29.3 Å². The van der Waals surface area contributed by atoms with Crippen LogP contribution in [0.3, 0.4) is 0 Å². The van der Waals surface area contributed by atoms with Gasteiger partial charge in [0.15, 0.2) is 11.4 Å². The molecular weight excluding hydrogens is 360 g/mol. The molecule has 9 nitrogen and oxygen atoms in total. The highest BCUT2D eigenvalue weighted by Gasteiger charge is 2.24. The lowest BCUT2D eigenvalue weighted by atomic mass is 10.3. The second-order valence-electron chi connectivity index (χ2n) is 6.96. The molecule has 3 heterocycles. The third kappa shape index (κ3) is 3.42.